The van der Waals surface area contributed by atoms with Crippen molar-refractivity contribution in [3.63, 3.8) is 0 Å². The Hall–Kier alpha value is -2.37. The minimum absolute atomic E-state index is 0.478. The molecular weight excluding hydrogens is 342 g/mol. The van der Waals surface area contributed by atoms with Gasteiger partial charge in [0.25, 0.3) is 0 Å². The second-order valence-corrected chi connectivity index (χ2v) is 6.12. The fraction of sp³-hybridized carbons (Fsp3) is 0.111. The van der Waals surface area contributed by atoms with Crippen LogP contribution in [0, 0.1) is 0 Å². The van der Waals surface area contributed by atoms with Crippen LogP contribution in [0.15, 0.2) is 65.1 Å². The van der Waals surface area contributed by atoms with Gasteiger partial charge < -0.3 is 4.74 Å². The van der Waals surface area contributed by atoms with E-state index in [0.29, 0.717) is 12.5 Å². The zero-order valence-electron chi connectivity index (χ0n) is 12.9. The highest BCUT2D eigenvalue weighted by Gasteiger charge is 2.02. The molecule has 4 nitrogen and oxygen atoms in total. The lowest BCUT2D eigenvalue weighted by atomic mass is 10.2. The summed E-state index contributed by atoms with van der Waals surface area (Å²) < 4.78 is 5.43. The van der Waals surface area contributed by atoms with Gasteiger partial charge in [0, 0.05) is 10.9 Å². The number of benzene rings is 2. The summed E-state index contributed by atoms with van der Waals surface area (Å²) in [7, 11) is 0. The fourth-order valence-corrected chi connectivity index (χ4v) is 2.78. The van der Waals surface area contributed by atoms with Crippen molar-refractivity contribution in [2.45, 2.75) is 0 Å². The van der Waals surface area contributed by atoms with Gasteiger partial charge in [-0.3, -0.25) is 5.43 Å². The minimum atomic E-state index is 0.478. The molecule has 3 aromatic rings. The van der Waals surface area contributed by atoms with Gasteiger partial charge in [0.1, 0.15) is 12.4 Å². The van der Waals surface area contributed by atoms with Crippen LogP contribution in [-0.2, 0) is 0 Å². The van der Waals surface area contributed by atoms with Crippen LogP contribution in [0.5, 0.6) is 5.75 Å². The molecule has 0 bridgehead atoms. The molecule has 0 atom stereocenters. The number of hydrogen-bond acceptors (Lipinski definition) is 5. The number of anilines is 1. The van der Waals surface area contributed by atoms with Crippen LogP contribution in [0.2, 0.25) is 0 Å². The summed E-state index contributed by atoms with van der Waals surface area (Å²) in [6, 6.07) is 17.7. The van der Waals surface area contributed by atoms with Gasteiger partial charge >= 0.3 is 0 Å². The maximum atomic E-state index is 5.59. The molecule has 0 amide bonds. The number of hydrazone groups is 1. The van der Waals surface area contributed by atoms with Gasteiger partial charge in [-0.25, -0.2) is 4.98 Å². The number of aromatic nitrogens is 1. The molecule has 0 radical (unpaired) electrons. The summed E-state index contributed by atoms with van der Waals surface area (Å²) in [6.45, 7) is 0.504. The molecule has 1 aromatic heterocycles. The molecule has 0 unspecified atom stereocenters. The van der Waals surface area contributed by atoms with E-state index in [1.54, 1.807) is 6.21 Å². The first kappa shape index (κ1) is 16.5. The summed E-state index contributed by atoms with van der Waals surface area (Å²) in [4.78, 5) is 4.52. The third kappa shape index (κ3) is 4.57. The van der Waals surface area contributed by atoms with Gasteiger partial charge in [-0.15, -0.1) is 22.9 Å². The molecule has 0 aliphatic carbocycles. The van der Waals surface area contributed by atoms with Gasteiger partial charge in [-0.2, -0.15) is 5.10 Å². The van der Waals surface area contributed by atoms with Gasteiger partial charge in [0.15, 0.2) is 0 Å². The number of nitrogens with zero attached hydrogens (tertiary/aromatic N) is 2. The number of hydrogen-bond donors (Lipinski definition) is 1. The number of halogens is 1. The molecule has 0 saturated heterocycles. The maximum Gasteiger partial charge on any atom is 0.203 e. The Bertz CT molecular complexity index is 788. The number of nitrogens with one attached hydrogen (secondary N) is 1. The Kier molecular flexibility index (Phi) is 5.82. The van der Waals surface area contributed by atoms with Gasteiger partial charge in [0.2, 0.25) is 5.13 Å². The molecule has 6 heteroatoms. The fourth-order valence-electron chi connectivity index (χ4n) is 2.04. The van der Waals surface area contributed by atoms with E-state index in [-0.39, 0.29) is 0 Å². The van der Waals surface area contributed by atoms with Crippen molar-refractivity contribution < 1.29 is 4.74 Å². The summed E-state index contributed by atoms with van der Waals surface area (Å²) in [5, 5.41) is 6.99. The molecule has 0 aliphatic heterocycles. The third-order valence-corrected chi connectivity index (χ3v) is 4.07. The van der Waals surface area contributed by atoms with Crippen LogP contribution in [0.25, 0.3) is 11.3 Å². The first-order valence-electron chi connectivity index (χ1n) is 7.44. The summed E-state index contributed by atoms with van der Waals surface area (Å²) in [6.07, 6.45) is 1.74. The van der Waals surface area contributed by atoms with Crippen LogP contribution in [0.1, 0.15) is 5.56 Å². The van der Waals surface area contributed by atoms with E-state index in [4.69, 9.17) is 16.3 Å². The smallest absolute Gasteiger partial charge is 0.203 e. The van der Waals surface area contributed by atoms with E-state index in [1.807, 2.05) is 60.0 Å². The molecule has 0 saturated carbocycles. The van der Waals surface area contributed by atoms with Gasteiger partial charge in [-0.05, 0) is 29.8 Å². The highest BCUT2D eigenvalue weighted by atomic mass is 35.5. The third-order valence-electron chi connectivity index (χ3n) is 3.17. The van der Waals surface area contributed by atoms with Gasteiger partial charge in [-0.1, -0.05) is 30.3 Å². The van der Waals surface area contributed by atoms with Crippen molar-refractivity contribution in [1.82, 2.24) is 4.98 Å². The van der Waals surface area contributed by atoms with Crippen LogP contribution in [0.3, 0.4) is 0 Å². The molecule has 122 valence electrons. The highest BCUT2D eigenvalue weighted by Crippen LogP contribution is 2.24. The van der Waals surface area contributed by atoms with E-state index < -0.39 is 0 Å². The van der Waals surface area contributed by atoms with Crippen molar-refractivity contribution in [3.8, 4) is 17.0 Å². The molecule has 0 spiro atoms. The topological polar surface area (TPSA) is 46.5 Å². The second-order valence-electron chi connectivity index (χ2n) is 4.88. The number of thiazole rings is 1. The predicted octanol–water partition coefficient (Wildman–Crippen LogP) is 4.87. The average Bonchev–Trinajstić information content (AvgIpc) is 3.11. The van der Waals surface area contributed by atoms with E-state index in [2.05, 4.69) is 15.5 Å². The van der Waals surface area contributed by atoms with E-state index in [0.717, 1.165) is 27.7 Å². The Morgan fingerprint density at radius 2 is 1.92 bits per heavy atom. The Labute approximate surface area is 149 Å². The second kappa shape index (κ2) is 8.47. The van der Waals surface area contributed by atoms with Crippen molar-refractivity contribution >= 4 is 34.3 Å². The van der Waals surface area contributed by atoms with Crippen molar-refractivity contribution in [2.24, 2.45) is 5.10 Å². The monoisotopic (exact) mass is 357 g/mol. The summed E-state index contributed by atoms with van der Waals surface area (Å²) in [5.74, 6) is 1.28. The average molecular weight is 358 g/mol. The van der Waals surface area contributed by atoms with E-state index >= 15 is 0 Å². The lowest BCUT2D eigenvalue weighted by Crippen LogP contribution is -1.97. The lowest BCUT2D eigenvalue weighted by molar-refractivity contribution is 0.343. The molecule has 1 heterocycles. The minimum Gasteiger partial charge on any atom is -0.492 e. The first-order valence-corrected chi connectivity index (χ1v) is 8.85. The largest absolute Gasteiger partial charge is 0.492 e. The standard InChI is InChI=1S/C18H16ClN3OS/c19-10-11-23-16-8-6-14(7-9-16)12-20-22-18-21-17(13-24-18)15-4-2-1-3-5-15/h1-9,12-13H,10-11H2,(H,21,22). The molecule has 24 heavy (non-hydrogen) atoms. The van der Waals surface area contributed by atoms with Crippen LogP contribution in [0.4, 0.5) is 5.13 Å². The highest BCUT2D eigenvalue weighted by molar-refractivity contribution is 7.14. The summed E-state index contributed by atoms with van der Waals surface area (Å²) in [5.41, 5.74) is 5.97. The molecule has 1 N–H and O–H groups in total. The zero-order chi connectivity index (χ0) is 16.6. The lowest BCUT2D eigenvalue weighted by Gasteiger charge is -2.03. The first-order chi connectivity index (χ1) is 11.8. The Morgan fingerprint density at radius 3 is 2.67 bits per heavy atom. The van der Waals surface area contributed by atoms with Crippen molar-refractivity contribution in [1.29, 1.82) is 0 Å². The molecule has 2 aromatic carbocycles. The SMILES string of the molecule is ClCCOc1ccc(C=NNc2nc(-c3ccccc3)cs2)cc1. The Balaban J connectivity index is 1.57. The van der Waals surface area contributed by atoms with Gasteiger partial charge in [0.05, 0.1) is 17.8 Å². The molecule has 0 aliphatic rings. The van der Waals surface area contributed by atoms with E-state index in [1.165, 1.54) is 11.3 Å². The van der Waals surface area contributed by atoms with Crippen LogP contribution >= 0.6 is 22.9 Å². The number of ether oxygens (including phenoxy) is 1. The maximum absolute atomic E-state index is 5.59. The van der Waals surface area contributed by atoms with E-state index in [9.17, 15) is 0 Å². The normalized spacial score (nSPS) is 10.9. The van der Waals surface area contributed by atoms with Crippen LogP contribution in [-0.4, -0.2) is 23.7 Å². The predicted molar refractivity (Wildman–Crippen MR) is 101 cm³/mol. The molecular formula is C18H16ClN3OS. The molecule has 3 rings (SSSR count). The quantitative estimate of drug-likeness (QED) is 0.372. The summed E-state index contributed by atoms with van der Waals surface area (Å²) >= 11 is 7.11. The zero-order valence-corrected chi connectivity index (χ0v) is 14.4. The number of alkyl halides is 1. The molecule has 0 fully saturated rings. The Morgan fingerprint density at radius 1 is 1.12 bits per heavy atom. The van der Waals surface area contributed by atoms with Crippen molar-refractivity contribution in [2.75, 3.05) is 17.9 Å². The van der Waals surface area contributed by atoms with Crippen molar-refractivity contribution in [3.05, 3.63) is 65.5 Å². The van der Waals surface area contributed by atoms with Crippen LogP contribution < -0.4 is 10.2 Å². The number of rotatable bonds is 7.